The van der Waals surface area contributed by atoms with E-state index in [4.69, 9.17) is 0 Å². The molecule has 0 unspecified atom stereocenters. The number of rotatable bonds is 6. The fourth-order valence-corrected chi connectivity index (χ4v) is 3.18. The lowest BCUT2D eigenvalue weighted by Crippen LogP contribution is -2.23. The maximum Gasteiger partial charge on any atom is 0.220 e. The molecule has 3 nitrogen and oxygen atoms in total. The number of halogens is 1. The van der Waals surface area contributed by atoms with Crippen molar-refractivity contribution in [1.29, 1.82) is 0 Å². The molecule has 1 amide bonds. The highest BCUT2D eigenvalue weighted by atomic mass is 32.1. The number of nitrogens with zero attached hydrogens (tertiary/aromatic N) is 1. The van der Waals surface area contributed by atoms with Crippen LogP contribution in [0.4, 0.5) is 4.39 Å². The van der Waals surface area contributed by atoms with Crippen molar-refractivity contribution in [3.63, 3.8) is 0 Å². The van der Waals surface area contributed by atoms with E-state index < -0.39 is 0 Å². The van der Waals surface area contributed by atoms with Gasteiger partial charge in [0.15, 0.2) is 0 Å². The summed E-state index contributed by atoms with van der Waals surface area (Å²) in [5, 5.41) is 4.92. The van der Waals surface area contributed by atoms with Gasteiger partial charge in [-0.2, -0.15) is 0 Å². The number of carbonyl (C=O) groups is 1. The maximum atomic E-state index is 13.5. The van der Waals surface area contributed by atoms with Crippen molar-refractivity contribution in [1.82, 2.24) is 10.3 Å². The Bertz CT molecular complexity index is 862. The molecule has 0 aliphatic heterocycles. The molecular formula is C20H19FN2OS. The first-order valence-electron chi connectivity index (χ1n) is 8.12. The van der Waals surface area contributed by atoms with Crippen LogP contribution in [0.25, 0.3) is 10.6 Å². The van der Waals surface area contributed by atoms with Crippen molar-refractivity contribution >= 4 is 17.2 Å². The first kappa shape index (κ1) is 17.3. The van der Waals surface area contributed by atoms with E-state index in [9.17, 15) is 9.18 Å². The Morgan fingerprint density at radius 2 is 2.08 bits per heavy atom. The molecule has 128 valence electrons. The number of aromatic nitrogens is 1. The summed E-state index contributed by atoms with van der Waals surface area (Å²) in [5.41, 5.74) is 3.37. The van der Waals surface area contributed by atoms with Crippen molar-refractivity contribution in [2.45, 2.75) is 26.3 Å². The fourth-order valence-electron chi connectivity index (χ4n) is 2.48. The van der Waals surface area contributed by atoms with Crippen LogP contribution < -0.4 is 5.32 Å². The van der Waals surface area contributed by atoms with Crippen molar-refractivity contribution in [3.8, 4) is 10.6 Å². The number of benzene rings is 1. The van der Waals surface area contributed by atoms with Gasteiger partial charge in [-0.3, -0.25) is 9.78 Å². The van der Waals surface area contributed by atoms with Crippen LogP contribution >= 0.6 is 11.3 Å². The molecule has 0 bridgehead atoms. The summed E-state index contributed by atoms with van der Waals surface area (Å²) in [5.74, 6) is -0.272. The first-order chi connectivity index (χ1) is 12.1. The Kier molecular flexibility index (Phi) is 5.56. The van der Waals surface area contributed by atoms with Gasteiger partial charge in [0.1, 0.15) is 5.82 Å². The van der Waals surface area contributed by atoms with E-state index in [1.54, 1.807) is 30.5 Å². The lowest BCUT2D eigenvalue weighted by molar-refractivity contribution is -0.121. The SMILES string of the molecule is Cc1ccc(CCC(=O)NCc2ccnc(-c3cccs3)c2)cc1F. The average Bonchev–Trinajstić information content (AvgIpc) is 3.16. The number of hydrogen-bond acceptors (Lipinski definition) is 3. The molecule has 0 saturated heterocycles. The van der Waals surface area contributed by atoms with Gasteiger partial charge < -0.3 is 5.32 Å². The van der Waals surface area contributed by atoms with Crippen LogP contribution in [0.5, 0.6) is 0 Å². The third kappa shape index (κ3) is 4.73. The zero-order chi connectivity index (χ0) is 17.6. The van der Waals surface area contributed by atoms with E-state index in [-0.39, 0.29) is 11.7 Å². The fraction of sp³-hybridized carbons (Fsp3) is 0.200. The Morgan fingerprint density at radius 3 is 2.84 bits per heavy atom. The Balaban J connectivity index is 1.52. The molecule has 0 aliphatic carbocycles. The molecule has 5 heteroatoms. The van der Waals surface area contributed by atoms with Crippen LogP contribution in [0.2, 0.25) is 0 Å². The molecule has 1 N–H and O–H groups in total. The highest BCUT2D eigenvalue weighted by molar-refractivity contribution is 7.13. The molecular weight excluding hydrogens is 335 g/mol. The van der Waals surface area contributed by atoms with Gasteiger partial charge >= 0.3 is 0 Å². The van der Waals surface area contributed by atoms with Crippen LogP contribution in [-0.4, -0.2) is 10.9 Å². The third-order valence-corrected chi connectivity index (χ3v) is 4.86. The van der Waals surface area contributed by atoms with Crippen molar-refractivity contribution in [2.75, 3.05) is 0 Å². The minimum Gasteiger partial charge on any atom is -0.352 e. The third-order valence-electron chi connectivity index (χ3n) is 3.96. The molecule has 2 heterocycles. The van der Waals surface area contributed by atoms with Crippen LogP contribution in [0.3, 0.4) is 0 Å². The zero-order valence-corrected chi connectivity index (χ0v) is 14.8. The second-order valence-corrected chi connectivity index (χ2v) is 6.83. The van der Waals surface area contributed by atoms with E-state index in [1.165, 1.54) is 6.07 Å². The second-order valence-electron chi connectivity index (χ2n) is 5.89. The summed E-state index contributed by atoms with van der Waals surface area (Å²) < 4.78 is 13.5. The molecule has 0 spiro atoms. The molecule has 0 atom stereocenters. The number of amides is 1. The summed E-state index contributed by atoms with van der Waals surface area (Å²) in [6, 6.07) is 13.0. The highest BCUT2D eigenvalue weighted by Crippen LogP contribution is 2.23. The van der Waals surface area contributed by atoms with Gasteiger partial charge in [-0.05, 0) is 59.7 Å². The largest absolute Gasteiger partial charge is 0.352 e. The van der Waals surface area contributed by atoms with E-state index in [1.807, 2.05) is 35.7 Å². The van der Waals surface area contributed by atoms with Crippen LogP contribution in [0, 0.1) is 12.7 Å². The standard InChI is InChI=1S/C20H19FN2OS/c1-14-4-5-15(11-17(14)21)6-7-20(24)23-13-16-8-9-22-18(12-16)19-3-2-10-25-19/h2-5,8-12H,6-7,13H2,1H3,(H,23,24). The monoisotopic (exact) mass is 354 g/mol. The van der Waals surface area contributed by atoms with E-state index in [0.717, 1.165) is 21.7 Å². The quantitative estimate of drug-likeness (QED) is 0.708. The van der Waals surface area contributed by atoms with Gasteiger partial charge in [0.2, 0.25) is 5.91 Å². The van der Waals surface area contributed by atoms with Crippen molar-refractivity contribution in [3.05, 3.63) is 76.5 Å². The normalized spacial score (nSPS) is 10.6. The molecule has 25 heavy (non-hydrogen) atoms. The number of aryl methyl sites for hydroxylation is 2. The maximum absolute atomic E-state index is 13.5. The summed E-state index contributed by atoms with van der Waals surface area (Å²) in [6.45, 7) is 2.19. The summed E-state index contributed by atoms with van der Waals surface area (Å²) in [6.07, 6.45) is 2.62. The molecule has 0 saturated carbocycles. The number of pyridine rings is 1. The highest BCUT2D eigenvalue weighted by Gasteiger charge is 2.06. The summed E-state index contributed by atoms with van der Waals surface area (Å²) >= 11 is 1.64. The van der Waals surface area contributed by atoms with Crippen LogP contribution in [0.1, 0.15) is 23.1 Å². The molecule has 3 aromatic rings. The van der Waals surface area contributed by atoms with Crippen LogP contribution in [0.15, 0.2) is 54.0 Å². The second kappa shape index (κ2) is 8.03. The van der Waals surface area contributed by atoms with Gasteiger partial charge in [-0.25, -0.2) is 4.39 Å². The number of carbonyl (C=O) groups excluding carboxylic acids is 1. The number of thiophene rings is 1. The predicted molar refractivity (Wildman–Crippen MR) is 98.9 cm³/mol. The van der Waals surface area contributed by atoms with Crippen LogP contribution in [-0.2, 0) is 17.8 Å². The number of nitrogens with one attached hydrogen (secondary N) is 1. The Morgan fingerprint density at radius 1 is 1.20 bits per heavy atom. The topological polar surface area (TPSA) is 42.0 Å². The van der Waals surface area contributed by atoms with E-state index in [2.05, 4.69) is 10.3 Å². The molecule has 0 aliphatic rings. The lowest BCUT2D eigenvalue weighted by atomic mass is 10.1. The number of hydrogen-bond donors (Lipinski definition) is 1. The Hall–Kier alpha value is -2.53. The van der Waals surface area contributed by atoms with Crippen molar-refractivity contribution in [2.24, 2.45) is 0 Å². The Labute approximate surface area is 150 Å². The summed E-state index contributed by atoms with van der Waals surface area (Å²) in [4.78, 5) is 17.5. The predicted octanol–water partition coefficient (Wildman–Crippen LogP) is 4.51. The molecule has 3 rings (SSSR count). The van der Waals surface area contributed by atoms with Gasteiger partial charge in [0.05, 0.1) is 10.6 Å². The average molecular weight is 354 g/mol. The molecule has 0 radical (unpaired) electrons. The van der Waals surface area contributed by atoms with E-state index in [0.29, 0.717) is 24.9 Å². The lowest BCUT2D eigenvalue weighted by Gasteiger charge is -2.07. The smallest absolute Gasteiger partial charge is 0.220 e. The molecule has 1 aromatic carbocycles. The molecule has 0 fully saturated rings. The minimum absolute atomic E-state index is 0.0459. The zero-order valence-electron chi connectivity index (χ0n) is 14.0. The van der Waals surface area contributed by atoms with Gasteiger partial charge in [0.25, 0.3) is 0 Å². The summed E-state index contributed by atoms with van der Waals surface area (Å²) in [7, 11) is 0. The van der Waals surface area contributed by atoms with Gasteiger partial charge in [0, 0.05) is 19.2 Å². The van der Waals surface area contributed by atoms with Crippen molar-refractivity contribution < 1.29 is 9.18 Å². The van der Waals surface area contributed by atoms with E-state index >= 15 is 0 Å². The van der Waals surface area contributed by atoms with Gasteiger partial charge in [-0.1, -0.05) is 18.2 Å². The van der Waals surface area contributed by atoms with Gasteiger partial charge in [-0.15, -0.1) is 11.3 Å². The molecule has 2 aromatic heterocycles. The first-order valence-corrected chi connectivity index (χ1v) is 9.00. The minimum atomic E-state index is -0.226.